The van der Waals surface area contributed by atoms with E-state index in [1.54, 1.807) is 50.2 Å². The molecule has 5 nitrogen and oxygen atoms in total. The van der Waals surface area contributed by atoms with Gasteiger partial charge in [0.05, 0.1) is 10.6 Å². The highest BCUT2D eigenvalue weighted by atomic mass is 35.5. The number of amides is 1. The number of hydrogen-bond donors (Lipinski definition) is 1. The van der Waals surface area contributed by atoms with Gasteiger partial charge in [0.25, 0.3) is 10.0 Å². The monoisotopic (exact) mass is 510 g/mol. The zero-order valence-corrected chi connectivity index (χ0v) is 20.5. The van der Waals surface area contributed by atoms with E-state index >= 15 is 0 Å². The quantitative estimate of drug-likeness (QED) is 0.452. The van der Waals surface area contributed by atoms with Crippen LogP contribution in [0.2, 0.25) is 15.1 Å². The highest BCUT2D eigenvalue weighted by Gasteiger charge is 2.30. The number of halogens is 3. The molecule has 0 aliphatic heterocycles. The summed E-state index contributed by atoms with van der Waals surface area (Å²) in [6, 6.07) is 15.1. The Hall–Kier alpha value is -2.25. The van der Waals surface area contributed by atoms with E-state index in [1.807, 2.05) is 12.1 Å². The first-order chi connectivity index (χ1) is 15.0. The van der Waals surface area contributed by atoms with E-state index in [0.717, 1.165) is 9.87 Å². The third-order valence-corrected chi connectivity index (χ3v) is 7.89. The molecular formula is C23H21Cl3N2O3S. The number of anilines is 1. The Bertz CT molecular complexity index is 1290. The average molecular weight is 512 g/mol. The van der Waals surface area contributed by atoms with Crippen molar-refractivity contribution < 1.29 is 13.2 Å². The fourth-order valence-corrected chi connectivity index (χ4v) is 5.76. The van der Waals surface area contributed by atoms with Gasteiger partial charge in [-0.05, 0) is 72.5 Å². The number of nitrogens with zero attached hydrogens (tertiary/aromatic N) is 1. The fourth-order valence-electron chi connectivity index (χ4n) is 3.38. The molecule has 0 saturated heterocycles. The maximum atomic E-state index is 13.7. The summed E-state index contributed by atoms with van der Waals surface area (Å²) in [6.45, 7) is 2.82. The number of carbonyl (C=O) groups excluding carboxylic acids is 1. The molecular weight excluding hydrogens is 491 g/mol. The number of benzene rings is 3. The smallest absolute Gasteiger partial charge is 0.265 e. The lowest BCUT2D eigenvalue weighted by atomic mass is 10.0. The van der Waals surface area contributed by atoms with Gasteiger partial charge in [0.2, 0.25) is 5.91 Å². The van der Waals surface area contributed by atoms with Crippen LogP contribution in [-0.2, 0) is 21.2 Å². The van der Waals surface area contributed by atoms with Crippen LogP contribution < -0.4 is 10.0 Å². The Morgan fingerprint density at radius 1 is 0.906 bits per heavy atom. The highest BCUT2D eigenvalue weighted by molar-refractivity contribution is 7.93. The van der Waals surface area contributed by atoms with Crippen LogP contribution in [0.5, 0.6) is 0 Å². The van der Waals surface area contributed by atoms with Crippen LogP contribution in [0.1, 0.15) is 22.3 Å². The van der Waals surface area contributed by atoms with Crippen molar-refractivity contribution in [1.82, 2.24) is 0 Å². The van der Waals surface area contributed by atoms with E-state index in [0.29, 0.717) is 43.9 Å². The van der Waals surface area contributed by atoms with E-state index < -0.39 is 22.5 Å². The molecule has 168 valence electrons. The lowest BCUT2D eigenvalue weighted by Gasteiger charge is -2.27. The molecule has 32 heavy (non-hydrogen) atoms. The van der Waals surface area contributed by atoms with Crippen LogP contribution in [-0.4, -0.2) is 20.9 Å². The minimum atomic E-state index is -4.16. The molecule has 0 atom stereocenters. The molecule has 0 aromatic heterocycles. The topological polar surface area (TPSA) is 80.5 Å². The van der Waals surface area contributed by atoms with E-state index in [4.69, 9.17) is 40.5 Å². The van der Waals surface area contributed by atoms with E-state index in [2.05, 4.69) is 0 Å². The molecule has 0 bridgehead atoms. The predicted octanol–water partition coefficient (Wildman–Crippen LogP) is 5.54. The first-order valence-corrected chi connectivity index (χ1v) is 12.2. The van der Waals surface area contributed by atoms with Crippen LogP contribution >= 0.6 is 34.8 Å². The Balaban J connectivity index is 2.20. The van der Waals surface area contributed by atoms with Crippen LogP contribution in [0.3, 0.4) is 0 Å². The van der Waals surface area contributed by atoms with Crippen molar-refractivity contribution in [2.45, 2.75) is 25.2 Å². The molecule has 3 aromatic rings. The minimum absolute atomic E-state index is 0.0410. The zero-order valence-electron chi connectivity index (χ0n) is 17.4. The van der Waals surface area contributed by atoms with Gasteiger partial charge in [0, 0.05) is 21.5 Å². The first-order valence-electron chi connectivity index (χ1n) is 9.60. The number of carbonyl (C=O) groups is 1. The van der Waals surface area contributed by atoms with Gasteiger partial charge >= 0.3 is 0 Å². The number of aryl methyl sites for hydroxylation is 2. The fraction of sp³-hybridized carbons (Fsp3) is 0.174. The Labute approximate surface area is 202 Å². The van der Waals surface area contributed by atoms with Crippen LogP contribution in [0.4, 0.5) is 5.69 Å². The molecule has 3 aromatic carbocycles. The zero-order chi connectivity index (χ0) is 23.6. The van der Waals surface area contributed by atoms with Crippen molar-refractivity contribution >= 4 is 56.4 Å². The molecule has 2 N–H and O–H groups in total. The molecule has 9 heteroatoms. The van der Waals surface area contributed by atoms with Crippen LogP contribution in [0.25, 0.3) is 0 Å². The number of rotatable bonds is 7. The summed E-state index contributed by atoms with van der Waals surface area (Å²) < 4.78 is 28.5. The van der Waals surface area contributed by atoms with E-state index in [1.165, 1.54) is 6.07 Å². The van der Waals surface area contributed by atoms with Crippen LogP contribution in [0, 0.1) is 13.8 Å². The van der Waals surface area contributed by atoms with Gasteiger partial charge in [-0.15, -0.1) is 0 Å². The first kappa shape index (κ1) is 24.4. The number of nitrogens with two attached hydrogens (primary N) is 1. The molecule has 0 aliphatic rings. The molecule has 0 radical (unpaired) electrons. The lowest BCUT2D eigenvalue weighted by molar-refractivity contribution is -0.116. The van der Waals surface area contributed by atoms with Gasteiger partial charge in [-0.3, -0.25) is 9.10 Å². The largest absolute Gasteiger partial charge is 0.368 e. The van der Waals surface area contributed by atoms with Crippen LogP contribution in [0.15, 0.2) is 59.5 Å². The Morgan fingerprint density at radius 3 is 2.25 bits per heavy atom. The molecule has 0 heterocycles. The van der Waals surface area contributed by atoms with Crippen molar-refractivity contribution in [3.63, 3.8) is 0 Å². The normalized spacial score (nSPS) is 11.4. The average Bonchev–Trinajstić information content (AvgIpc) is 2.71. The second-order valence-corrected chi connectivity index (χ2v) is 10.5. The molecule has 0 fully saturated rings. The van der Waals surface area contributed by atoms with E-state index in [9.17, 15) is 13.2 Å². The maximum absolute atomic E-state index is 13.7. The van der Waals surface area contributed by atoms with Crippen molar-refractivity contribution in [3.8, 4) is 0 Å². The minimum Gasteiger partial charge on any atom is -0.368 e. The van der Waals surface area contributed by atoms with Gasteiger partial charge in [-0.25, -0.2) is 8.42 Å². The second kappa shape index (κ2) is 9.71. The third-order valence-electron chi connectivity index (χ3n) is 4.97. The van der Waals surface area contributed by atoms with Crippen molar-refractivity contribution in [2.75, 3.05) is 10.8 Å². The van der Waals surface area contributed by atoms with Gasteiger partial charge < -0.3 is 5.73 Å². The van der Waals surface area contributed by atoms with E-state index in [-0.39, 0.29) is 4.90 Å². The standard InChI is InChI=1S/C23H21Cl3N2O3S/c1-14-10-22(15(2)9-20(14)26)32(30,31)28(13-23(27)29)21-8-7-18(24)12-17(21)11-16-5-3-4-6-19(16)25/h3-10,12H,11,13H2,1-2H3,(H2,27,29). The summed E-state index contributed by atoms with van der Waals surface area (Å²) in [5.41, 5.74) is 8.15. The lowest BCUT2D eigenvalue weighted by Crippen LogP contribution is -2.39. The second-order valence-electron chi connectivity index (χ2n) is 7.39. The van der Waals surface area contributed by atoms with Gasteiger partial charge in [0.1, 0.15) is 6.54 Å². The number of hydrogen-bond acceptors (Lipinski definition) is 3. The summed E-state index contributed by atoms with van der Waals surface area (Å²) in [5, 5.41) is 1.41. The highest BCUT2D eigenvalue weighted by Crippen LogP contribution is 2.34. The van der Waals surface area contributed by atoms with Crippen molar-refractivity contribution in [1.29, 1.82) is 0 Å². The summed E-state index contributed by atoms with van der Waals surface area (Å²) in [6.07, 6.45) is 0.305. The SMILES string of the molecule is Cc1cc(S(=O)(=O)N(CC(N)=O)c2ccc(Cl)cc2Cc2ccccc2Cl)c(C)cc1Cl. The summed E-state index contributed by atoms with van der Waals surface area (Å²) >= 11 is 18.7. The van der Waals surface area contributed by atoms with Gasteiger partial charge in [-0.1, -0.05) is 53.0 Å². The Morgan fingerprint density at radius 2 is 1.59 bits per heavy atom. The molecule has 0 aliphatic carbocycles. The summed E-state index contributed by atoms with van der Waals surface area (Å²) in [7, 11) is -4.16. The molecule has 0 saturated carbocycles. The molecule has 1 amide bonds. The predicted molar refractivity (Wildman–Crippen MR) is 130 cm³/mol. The molecule has 0 spiro atoms. The maximum Gasteiger partial charge on any atom is 0.265 e. The summed E-state index contributed by atoms with van der Waals surface area (Å²) in [4.78, 5) is 11.9. The van der Waals surface area contributed by atoms with Crippen molar-refractivity contribution in [2.24, 2.45) is 5.73 Å². The number of primary amides is 1. The third kappa shape index (κ3) is 5.21. The number of sulfonamides is 1. The van der Waals surface area contributed by atoms with Gasteiger partial charge in [0.15, 0.2) is 0 Å². The molecule has 3 rings (SSSR count). The summed E-state index contributed by atoms with van der Waals surface area (Å²) in [5.74, 6) is -0.796. The van der Waals surface area contributed by atoms with Gasteiger partial charge in [-0.2, -0.15) is 0 Å². The van der Waals surface area contributed by atoms with Crippen molar-refractivity contribution in [3.05, 3.63) is 91.9 Å². The molecule has 0 unspecified atom stereocenters. The Kier molecular flexibility index (Phi) is 7.40.